The Morgan fingerprint density at radius 1 is 1.44 bits per heavy atom. The van der Waals surface area contributed by atoms with E-state index in [2.05, 4.69) is 9.97 Å². The molecule has 0 bridgehead atoms. The lowest BCUT2D eigenvalue weighted by molar-refractivity contribution is -0.385. The molecular formula is C11H8FN3O3. The van der Waals surface area contributed by atoms with Crippen molar-refractivity contribution in [1.82, 2.24) is 9.97 Å². The third kappa shape index (κ3) is 2.16. The number of rotatable bonds is 3. The summed E-state index contributed by atoms with van der Waals surface area (Å²) < 4.78 is 13.5. The van der Waals surface area contributed by atoms with Gasteiger partial charge < -0.3 is 5.11 Å². The maximum Gasteiger partial charge on any atom is 0.287 e. The number of aliphatic hydroxyl groups excluding tert-OH is 1. The highest BCUT2D eigenvalue weighted by molar-refractivity contribution is 5.64. The lowest BCUT2D eigenvalue weighted by Gasteiger charge is -2.06. The van der Waals surface area contributed by atoms with Crippen molar-refractivity contribution in [2.45, 2.75) is 6.61 Å². The number of halogens is 1. The first-order chi connectivity index (χ1) is 8.63. The molecule has 0 aliphatic rings. The molecule has 1 N–H and O–H groups in total. The van der Waals surface area contributed by atoms with E-state index in [4.69, 9.17) is 0 Å². The smallest absolute Gasteiger partial charge is 0.287 e. The lowest BCUT2D eigenvalue weighted by Crippen LogP contribution is -1.98. The molecular weight excluding hydrogens is 241 g/mol. The van der Waals surface area contributed by atoms with Crippen LogP contribution < -0.4 is 0 Å². The van der Waals surface area contributed by atoms with E-state index in [0.717, 1.165) is 12.4 Å². The quantitative estimate of drug-likeness (QED) is 0.660. The molecule has 2 heterocycles. The molecule has 2 aromatic rings. The van der Waals surface area contributed by atoms with Crippen LogP contribution in [-0.4, -0.2) is 20.0 Å². The Bertz CT molecular complexity index is 604. The van der Waals surface area contributed by atoms with Crippen molar-refractivity contribution in [3.63, 3.8) is 0 Å². The Morgan fingerprint density at radius 2 is 2.22 bits per heavy atom. The third-order valence-electron chi connectivity index (χ3n) is 2.36. The van der Waals surface area contributed by atoms with Crippen LogP contribution in [0.1, 0.15) is 5.56 Å². The average Bonchev–Trinajstić information content (AvgIpc) is 2.38. The summed E-state index contributed by atoms with van der Waals surface area (Å²) in [6.07, 6.45) is 3.41. The molecule has 0 atom stereocenters. The van der Waals surface area contributed by atoms with Gasteiger partial charge in [0.05, 0.1) is 23.4 Å². The number of aliphatic hydroxyl groups is 1. The van der Waals surface area contributed by atoms with Crippen molar-refractivity contribution in [1.29, 1.82) is 0 Å². The highest BCUT2D eigenvalue weighted by atomic mass is 19.1. The van der Waals surface area contributed by atoms with Gasteiger partial charge in [-0.25, -0.2) is 9.37 Å². The zero-order chi connectivity index (χ0) is 13.1. The Hall–Kier alpha value is -2.41. The van der Waals surface area contributed by atoms with Gasteiger partial charge in [-0.3, -0.25) is 15.1 Å². The van der Waals surface area contributed by atoms with Crippen LogP contribution in [0.5, 0.6) is 0 Å². The molecule has 0 spiro atoms. The largest absolute Gasteiger partial charge is 0.392 e. The fourth-order valence-electron chi connectivity index (χ4n) is 1.53. The average molecular weight is 249 g/mol. The molecule has 0 aliphatic carbocycles. The highest BCUT2D eigenvalue weighted by Crippen LogP contribution is 2.26. The van der Waals surface area contributed by atoms with Crippen LogP contribution in [0, 0.1) is 15.9 Å². The summed E-state index contributed by atoms with van der Waals surface area (Å²) in [7, 11) is 0. The van der Waals surface area contributed by atoms with Crippen LogP contribution in [0.4, 0.5) is 10.1 Å². The summed E-state index contributed by atoms with van der Waals surface area (Å²) >= 11 is 0. The molecule has 6 nitrogen and oxygen atoms in total. The van der Waals surface area contributed by atoms with Gasteiger partial charge in [-0.1, -0.05) is 0 Å². The van der Waals surface area contributed by atoms with Gasteiger partial charge in [0.2, 0.25) is 0 Å². The van der Waals surface area contributed by atoms with Crippen LogP contribution in [-0.2, 0) is 6.61 Å². The number of aromatic nitrogens is 2. The summed E-state index contributed by atoms with van der Waals surface area (Å²) in [4.78, 5) is 17.4. The van der Waals surface area contributed by atoms with E-state index in [1.54, 1.807) is 0 Å². The van der Waals surface area contributed by atoms with Gasteiger partial charge in [-0.2, -0.15) is 0 Å². The van der Waals surface area contributed by atoms with Crippen molar-refractivity contribution < 1.29 is 14.4 Å². The van der Waals surface area contributed by atoms with Crippen LogP contribution in [0.2, 0.25) is 0 Å². The second kappa shape index (κ2) is 4.84. The first-order valence-electron chi connectivity index (χ1n) is 4.97. The minimum atomic E-state index is -0.626. The van der Waals surface area contributed by atoms with Crippen molar-refractivity contribution in [2.24, 2.45) is 0 Å². The van der Waals surface area contributed by atoms with Crippen molar-refractivity contribution in [3.05, 3.63) is 52.2 Å². The number of pyridine rings is 2. The first-order valence-corrected chi connectivity index (χ1v) is 4.97. The predicted molar refractivity (Wildman–Crippen MR) is 60.0 cm³/mol. The zero-order valence-corrected chi connectivity index (χ0v) is 9.08. The van der Waals surface area contributed by atoms with E-state index < -0.39 is 17.3 Å². The van der Waals surface area contributed by atoms with Crippen molar-refractivity contribution in [3.8, 4) is 11.3 Å². The monoisotopic (exact) mass is 249 g/mol. The second-order valence-electron chi connectivity index (χ2n) is 3.47. The van der Waals surface area contributed by atoms with Gasteiger partial charge in [0.15, 0.2) is 5.82 Å². The molecule has 0 aromatic carbocycles. The second-order valence-corrected chi connectivity index (χ2v) is 3.47. The molecule has 2 rings (SSSR count). The normalized spacial score (nSPS) is 10.3. The molecule has 0 radical (unpaired) electrons. The summed E-state index contributed by atoms with van der Waals surface area (Å²) in [6.45, 7) is -0.466. The summed E-state index contributed by atoms with van der Waals surface area (Å²) in [5.41, 5.74) is 0.249. The number of hydrogen-bond donors (Lipinski definition) is 1. The summed E-state index contributed by atoms with van der Waals surface area (Å²) in [5.74, 6) is -0.603. The van der Waals surface area contributed by atoms with Gasteiger partial charge in [-0.15, -0.1) is 0 Å². The molecule has 0 saturated carbocycles. The van der Waals surface area contributed by atoms with Gasteiger partial charge in [0.25, 0.3) is 5.69 Å². The predicted octanol–water partition coefficient (Wildman–Crippen LogP) is 1.68. The van der Waals surface area contributed by atoms with E-state index in [1.165, 1.54) is 18.3 Å². The molecule has 92 valence electrons. The molecule has 0 unspecified atom stereocenters. The maximum atomic E-state index is 13.5. The van der Waals surface area contributed by atoms with Gasteiger partial charge >= 0.3 is 0 Å². The van der Waals surface area contributed by atoms with Gasteiger partial charge in [-0.05, 0) is 6.07 Å². The fourth-order valence-corrected chi connectivity index (χ4v) is 1.53. The first kappa shape index (κ1) is 12.1. The Labute approximate surface area is 101 Å². The third-order valence-corrected chi connectivity index (χ3v) is 2.36. The van der Waals surface area contributed by atoms with Crippen LogP contribution in [0.3, 0.4) is 0 Å². The Kier molecular flexibility index (Phi) is 3.24. The Balaban J connectivity index is 2.58. The van der Waals surface area contributed by atoms with Crippen LogP contribution >= 0.6 is 0 Å². The van der Waals surface area contributed by atoms with Crippen molar-refractivity contribution >= 4 is 5.69 Å². The maximum absolute atomic E-state index is 13.5. The zero-order valence-electron chi connectivity index (χ0n) is 9.08. The van der Waals surface area contributed by atoms with E-state index in [0.29, 0.717) is 0 Å². The minimum absolute atomic E-state index is 0.143. The molecule has 0 amide bonds. The summed E-state index contributed by atoms with van der Waals surface area (Å²) in [5, 5.41) is 19.8. The molecule has 7 heteroatoms. The molecule has 18 heavy (non-hydrogen) atoms. The van der Waals surface area contributed by atoms with Crippen LogP contribution in [0.25, 0.3) is 11.3 Å². The van der Waals surface area contributed by atoms with Crippen molar-refractivity contribution in [2.75, 3.05) is 0 Å². The van der Waals surface area contributed by atoms with E-state index in [1.807, 2.05) is 0 Å². The fraction of sp³-hybridized carbons (Fsp3) is 0.0909. The lowest BCUT2D eigenvalue weighted by atomic mass is 10.1. The van der Waals surface area contributed by atoms with E-state index >= 15 is 0 Å². The molecule has 0 saturated heterocycles. The molecule has 0 aliphatic heterocycles. The number of nitrogens with zero attached hydrogens (tertiary/aromatic N) is 3. The SMILES string of the molecule is O=[N+]([O-])c1cnc(-c2ccncc2F)c(CO)c1. The molecule has 2 aromatic heterocycles. The number of hydrogen-bond acceptors (Lipinski definition) is 5. The van der Waals surface area contributed by atoms with Gasteiger partial charge in [0.1, 0.15) is 6.20 Å². The van der Waals surface area contributed by atoms with E-state index in [-0.39, 0.29) is 22.5 Å². The van der Waals surface area contributed by atoms with Crippen LogP contribution in [0.15, 0.2) is 30.7 Å². The molecule has 0 fully saturated rings. The standard InChI is InChI=1S/C11H8FN3O3/c12-10-5-13-2-1-9(10)11-7(6-16)3-8(4-14-11)15(17)18/h1-5,16H,6H2. The summed E-state index contributed by atoms with van der Waals surface area (Å²) in [6, 6.07) is 2.56. The van der Waals surface area contributed by atoms with E-state index in [9.17, 15) is 19.6 Å². The highest BCUT2D eigenvalue weighted by Gasteiger charge is 2.15. The Morgan fingerprint density at radius 3 is 2.83 bits per heavy atom. The number of nitro groups is 1. The van der Waals surface area contributed by atoms with Gasteiger partial charge in [0, 0.05) is 23.4 Å². The minimum Gasteiger partial charge on any atom is -0.392 e. The topological polar surface area (TPSA) is 89.2 Å².